The Labute approximate surface area is 106 Å². The molecule has 90 valence electrons. The molecule has 0 spiro atoms. The number of anilines is 1. The molecule has 1 N–H and O–H groups in total. The summed E-state index contributed by atoms with van der Waals surface area (Å²) in [5.41, 5.74) is 2.07. The number of hydrogen-bond acceptors (Lipinski definition) is 2. The number of benzene rings is 1. The second-order valence-corrected chi connectivity index (χ2v) is 5.57. The van der Waals surface area contributed by atoms with Crippen LogP contribution in [0, 0.1) is 5.92 Å². The average molecular weight is 286 g/mol. The van der Waals surface area contributed by atoms with E-state index in [2.05, 4.69) is 47.8 Å². The SMILES string of the molecule is CC(C)CN(C)c1cc(Br)ccc1C(C)O. The Bertz CT molecular complexity index is 350. The number of rotatable bonds is 4. The predicted octanol–water partition coefficient (Wildman–Crippen LogP) is 3.59. The molecule has 0 bridgehead atoms. The number of nitrogens with zero attached hydrogens (tertiary/aromatic N) is 1. The molecule has 0 saturated carbocycles. The molecule has 1 aromatic carbocycles. The Hall–Kier alpha value is -0.540. The van der Waals surface area contributed by atoms with Crippen molar-refractivity contribution < 1.29 is 5.11 Å². The smallest absolute Gasteiger partial charge is 0.0782 e. The van der Waals surface area contributed by atoms with Crippen LogP contribution in [0.5, 0.6) is 0 Å². The van der Waals surface area contributed by atoms with E-state index in [1.807, 2.05) is 12.1 Å². The van der Waals surface area contributed by atoms with Gasteiger partial charge in [0.2, 0.25) is 0 Å². The van der Waals surface area contributed by atoms with Gasteiger partial charge in [0.25, 0.3) is 0 Å². The van der Waals surface area contributed by atoms with Crippen LogP contribution >= 0.6 is 15.9 Å². The number of aliphatic hydroxyl groups excluding tert-OH is 1. The fourth-order valence-corrected chi connectivity index (χ4v) is 2.20. The normalized spacial score (nSPS) is 12.9. The minimum absolute atomic E-state index is 0.433. The Morgan fingerprint density at radius 1 is 1.31 bits per heavy atom. The van der Waals surface area contributed by atoms with Crippen molar-refractivity contribution in [3.05, 3.63) is 28.2 Å². The third-order valence-electron chi connectivity index (χ3n) is 2.49. The van der Waals surface area contributed by atoms with E-state index in [1.54, 1.807) is 6.92 Å². The quantitative estimate of drug-likeness (QED) is 0.914. The molecule has 3 heteroatoms. The van der Waals surface area contributed by atoms with E-state index in [0.717, 1.165) is 22.3 Å². The van der Waals surface area contributed by atoms with E-state index in [4.69, 9.17) is 0 Å². The molecular formula is C13H20BrNO. The fourth-order valence-electron chi connectivity index (χ4n) is 1.85. The zero-order chi connectivity index (χ0) is 12.3. The van der Waals surface area contributed by atoms with Gasteiger partial charge in [-0.15, -0.1) is 0 Å². The van der Waals surface area contributed by atoms with Crippen molar-refractivity contribution in [2.45, 2.75) is 26.9 Å². The van der Waals surface area contributed by atoms with Gasteiger partial charge in [0.1, 0.15) is 0 Å². The molecule has 1 aromatic rings. The molecule has 0 aromatic heterocycles. The lowest BCUT2D eigenvalue weighted by Gasteiger charge is -2.25. The van der Waals surface area contributed by atoms with Crippen LogP contribution in [-0.4, -0.2) is 18.7 Å². The van der Waals surface area contributed by atoms with Gasteiger partial charge in [-0.1, -0.05) is 35.8 Å². The van der Waals surface area contributed by atoms with Crippen molar-refractivity contribution in [3.63, 3.8) is 0 Å². The molecule has 0 aliphatic carbocycles. The molecule has 1 rings (SSSR count). The summed E-state index contributed by atoms with van der Waals surface area (Å²) in [4.78, 5) is 2.19. The molecule has 2 nitrogen and oxygen atoms in total. The summed E-state index contributed by atoms with van der Waals surface area (Å²) >= 11 is 3.47. The molecule has 0 aliphatic rings. The average Bonchev–Trinajstić information content (AvgIpc) is 2.15. The largest absolute Gasteiger partial charge is 0.389 e. The maximum absolute atomic E-state index is 9.74. The zero-order valence-electron chi connectivity index (χ0n) is 10.4. The van der Waals surface area contributed by atoms with Gasteiger partial charge in [0.15, 0.2) is 0 Å². The van der Waals surface area contributed by atoms with E-state index in [0.29, 0.717) is 5.92 Å². The second-order valence-electron chi connectivity index (χ2n) is 4.65. The van der Waals surface area contributed by atoms with Gasteiger partial charge >= 0.3 is 0 Å². The minimum atomic E-state index is -0.433. The second kappa shape index (κ2) is 5.69. The number of halogens is 1. The molecule has 1 atom stereocenters. The van der Waals surface area contributed by atoms with Gasteiger partial charge in [-0.3, -0.25) is 0 Å². The standard InChI is InChI=1S/C13H20BrNO/c1-9(2)8-15(4)13-7-11(14)5-6-12(13)10(3)16/h5-7,9-10,16H,8H2,1-4H3. The highest BCUT2D eigenvalue weighted by atomic mass is 79.9. The fraction of sp³-hybridized carbons (Fsp3) is 0.538. The van der Waals surface area contributed by atoms with E-state index in [1.165, 1.54) is 0 Å². The summed E-state index contributed by atoms with van der Waals surface area (Å²) in [5, 5.41) is 9.74. The van der Waals surface area contributed by atoms with Crippen LogP contribution < -0.4 is 4.90 Å². The zero-order valence-corrected chi connectivity index (χ0v) is 12.0. The van der Waals surface area contributed by atoms with E-state index < -0.39 is 6.10 Å². The highest BCUT2D eigenvalue weighted by Gasteiger charge is 2.12. The summed E-state index contributed by atoms with van der Waals surface area (Å²) in [7, 11) is 2.06. The summed E-state index contributed by atoms with van der Waals surface area (Å²) in [6.45, 7) is 7.17. The van der Waals surface area contributed by atoms with Gasteiger partial charge in [-0.2, -0.15) is 0 Å². The van der Waals surface area contributed by atoms with Gasteiger partial charge in [-0.25, -0.2) is 0 Å². The Morgan fingerprint density at radius 2 is 1.94 bits per heavy atom. The maximum Gasteiger partial charge on any atom is 0.0782 e. The molecule has 1 unspecified atom stereocenters. The monoisotopic (exact) mass is 285 g/mol. The van der Waals surface area contributed by atoms with Crippen molar-refractivity contribution >= 4 is 21.6 Å². The van der Waals surface area contributed by atoms with Gasteiger partial charge in [-0.05, 0) is 25.0 Å². The third kappa shape index (κ3) is 3.49. The number of aliphatic hydroxyl groups is 1. The third-order valence-corrected chi connectivity index (χ3v) is 2.99. The van der Waals surface area contributed by atoms with Gasteiger partial charge < -0.3 is 10.0 Å². The van der Waals surface area contributed by atoms with Crippen LogP contribution in [0.15, 0.2) is 22.7 Å². The first kappa shape index (κ1) is 13.5. The predicted molar refractivity (Wildman–Crippen MR) is 72.9 cm³/mol. The molecular weight excluding hydrogens is 266 g/mol. The van der Waals surface area contributed by atoms with Gasteiger partial charge in [0.05, 0.1) is 6.10 Å². The first-order valence-corrected chi connectivity index (χ1v) is 6.39. The lowest BCUT2D eigenvalue weighted by atomic mass is 10.1. The van der Waals surface area contributed by atoms with Crippen molar-refractivity contribution in [1.29, 1.82) is 0 Å². The molecule has 0 heterocycles. The van der Waals surface area contributed by atoms with Crippen LogP contribution in [0.2, 0.25) is 0 Å². The van der Waals surface area contributed by atoms with Crippen LogP contribution in [-0.2, 0) is 0 Å². The van der Waals surface area contributed by atoms with Crippen LogP contribution in [0.1, 0.15) is 32.4 Å². The lowest BCUT2D eigenvalue weighted by Crippen LogP contribution is -2.24. The summed E-state index contributed by atoms with van der Waals surface area (Å²) in [6, 6.07) is 6.00. The molecule has 0 amide bonds. The molecule has 0 aliphatic heterocycles. The topological polar surface area (TPSA) is 23.5 Å². The number of hydrogen-bond donors (Lipinski definition) is 1. The van der Waals surface area contributed by atoms with Crippen molar-refractivity contribution in [2.75, 3.05) is 18.5 Å². The Balaban J connectivity index is 3.04. The lowest BCUT2D eigenvalue weighted by molar-refractivity contribution is 0.199. The van der Waals surface area contributed by atoms with Crippen LogP contribution in [0.4, 0.5) is 5.69 Å². The summed E-state index contributed by atoms with van der Waals surface area (Å²) < 4.78 is 1.04. The van der Waals surface area contributed by atoms with Crippen molar-refractivity contribution in [2.24, 2.45) is 5.92 Å². The summed E-state index contributed by atoms with van der Waals surface area (Å²) in [6.07, 6.45) is -0.433. The maximum atomic E-state index is 9.74. The minimum Gasteiger partial charge on any atom is -0.389 e. The highest BCUT2D eigenvalue weighted by Crippen LogP contribution is 2.29. The Morgan fingerprint density at radius 3 is 2.44 bits per heavy atom. The van der Waals surface area contributed by atoms with E-state index in [-0.39, 0.29) is 0 Å². The first-order valence-electron chi connectivity index (χ1n) is 5.60. The Kier molecular flexibility index (Phi) is 4.81. The van der Waals surface area contributed by atoms with Crippen LogP contribution in [0.3, 0.4) is 0 Å². The van der Waals surface area contributed by atoms with E-state index in [9.17, 15) is 5.11 Å². The first-order chi connectivity index (χ1) is 7.41. The van der Waals surface area contributed by atoms with Gasteiger partial charge in [0, 0.05) is 29.3 Å². The van der Waals surface area contributed by atoms with Crippen molar-refractivity contribution in [3.8, 4) is 0 Å². The molecule has 0 saturated heterocycles. The van der Waals surface area contributed by atoms with Crippen LogP contribution in [0.25, 0.3) is 0 Å². The van der Waals surface area contributed by atoms with E-state index >= 15 is 0 Å². The molecule has 16 heavy (non-hydrogen) atoms. The summed E-state index contributed by atoms with van der Waals surface area (Å²) in [5.74, 6) is 0.603. The van der Waals surface area contributed by atoms with Crippen molar-refractivity contribution in [1.82, 2.24) is 0 Å². The molecule has 0 radical (unpaired) electrons. The molecule has 0 fully saturated rings. The highest BCUT2D eigenvalue weighted by molar-refractivity contribution is 9.10.